The van der Waals surface area contributed by atoms with Gasteiger partial charge in [0.1, 0.15) is 9.88 Å². The van der Waals surface area contributed by atoms with Crippen LogP contribution in [-0.4, -0.2) is 43.9 Å². The molecule has 7 heteroatoms. The third-order valence-electron chi connectivity index (χ3n) is 4.05. The van der Waals surface area contributed by atoms with Crippen molar-refractivity contribution in [3.05, 3.63) is 10.4 Å². The Hall–Kier alpha value is -1.76. The first-order valence-electron chi connectivity index (χ1n) is 6.92. The first-order valence-corrected chi connectivity index (χ1v) is 7.74. The highest BCUT2D eigenvalue weighted by atomic mass is 32.1. The van der Waals surface area contributed by atoms with E-state index >= 15 is 0 Å². The van der Waals surface area contributed by atoms with Crippen molar-refractivity contribution in [1.29, 1.82) is 0 Å². The van der Waals surface area contributed by atoms with Crippen molar-refractivity contribution in [2.45, 2.75) is 13.8 Å². The molecule has 6 nitrogen and oxygen atoms in total. The Morgan fingerprint density at radius 3 is 2.19 bits per heavy atom. The van der Waals surface area contributed by atoms with E-state index in [0.29, 0.717) is 16.7 Å². The fraction of sp³-hybridized carbons (Fsp3) is 0.571. The van der Waals surface area contributed by atoms with Crippen molar-refractivity contribution < 1.29 is 9.59 Å². The molecule has 2 unspecified atom stereocenters. The van der Waals surface area contributed by atoms with Gasteiger partial charge in [0.05, 0.1) is 11.3 Å². The number of nitrogens with zero attached hydrogens (tertiary/aromatic N) is 2. The standard InChI is InChI=1S/C14H22N4O2S/c1-7-5-18(6-8(7)2)14-9(12(16)19)10(15)11(21-14)13(20)17(3)4/h7-8H,5-6,15H2,1-4H3,(H2,16,19). The van der Waals surface area contributed by atoms with Crippen LogP contribution in [0.2, 0.25) is 0 Å². The number of rotatable bonds is 3. The van der Waals surface area contributed by atoms with E-state index in [1.54, 1.807) is 14.1 Å². The number of hydrogen-bond donors (Lipinski definition) is 2. The lowest BCUT2D eigenvalue weighted by Crippen LogP contribution is -2.23. The summed E-state index contributed by atoms with van der Waals surface area (Å²) in [7, 11) is 3.32. The average Bonchev–Trinajstić information content (AvgIpc) is 2.89. The van der Waals surface area contributed by atoms with Gasteiger partial charge in [-0.3, -0.25) is 9.59 Å². The van der Waals surface area contributed by atoms with E-state index in [1.807, 2.05) is 0 Å². The van der Waals surface area contributed by atoms with Gasteiger partial charge in [0.15, 0.2) is 0 Å². The number of primary amides is 1. The quantitative estimate of drug-likeness (QED) is 0.878. The van der Waals surface area contributed by atoms with Crippen molar-refractivity contribution in [1.82, 2.24) is 4.90 Å². The molecule has 2 rings (SSSR count). The van der Waals surface area contributed by atoms with Gasteiger partial charge in [-0.15, -0.1) is 11.3 Å². The number of carbonyl (C=O) groups excluding carboxylic acids is 2. The SMILES string of the molecule is CC1CN(c2sc(C(=O)N(C)C)c(N)c2C(N)=O)CC1C. The fourth-order valence-electron chi connectivity index (χ4n) is 2.55. The monoisotopic (exact) mass is 310 g/mol. The molecule has 0 saturated carbocycles. The van der Waals surface area contributed by atoms with Crippen LogP contribution in [0.1, 0.15) is 33.9 Å². The first kappa shape index (κ1) is 15.6. The van der Waals surface area contributed by atoms with E-state index in [-0.39, 0.29) is 17.2 Å². The second-order valence-electron chi connectivity index (χ2n) is 5.95. The molecule has 2 amide bonds. The van der Waals surface area contributed by atoms with E-state index in [2.05, 4.69) is 18.7 Å². The number of anilines is 2. The van der Waals surface area contributed by atoms with Crippen LogP contribution < -0.4 is 16.4 Å². The molecule has 2 heterocycles. The maximum Gasteiger partial charge on any atom is 0.265 e. The highest BCUT2D eigenvalue weighted by Crippen LogP contribution is 2.41. The van der Waals surface area contributed by atoms with Gasteiger partial charge < -0.3 is 21.3 Å². The normalized spacial score (nSPS) is 21.6. The molecule has 4 N–H and O–H groups in total. The molecule has 1 fully saturated rings. The number of amides is 2. The highest BCUT2D eigenvalue weighted by Gasteiger charge is 2.33. The Kier molecular flexibility index (Phi) is 4.13. The average molecular weight is 310 g/mol. The summed E-state index contributed by atoms with van der Waals surface area (Å²) in [4.78, 5) is 27.9. The molecule has 0 aromatic carbocycles. The molecule has 1 saturated heterocycles. The summed E-state index contributed by atoms with van der Waals surface area (Å²) < 4.78 is 0. The zero-order chi connectivity index (χ0) is 15.9. The Balaban J connectivity index is 2.48. The van der Waals surface area contributed by atoms with Gasteiger partial charge in [-0.25, -0.2) is 0 Å². The van der Waals surface area contributed by atoms with Crippen LogP contribution in [-0.2, 0) is 0 Å². The molecule has 1 aliphatic heterocycles. The number of nitrogens with two attached hydrogens (primary N) is 2. The molecule has 0 aliphatic carbocycles. The van der Waals surface area contributed by atoms with E-state index in [0.717, 1.165) is 18.1 Å². The summed E-state index contributed by atoms with van der Waals surface area (Å²) in [6, 6.07) is 0. The van der Waals surface area contributed by atoms with E-state index in [9.17, 15) is 9.59 Å². The Labute approximate surface area is 128 Å². The van der Waals surface area contributed by atoms with E-state index in [4.69, 9.17) is 11.5 Å². The lowest BCUT2D eigenvalue weighted by atomic mass is 10.0. The van der Waals surface area contributed by atoms with Crippen LogP contribution in [0.25, 0.3) is 0 Å². The Morgan fingerprint density at radius 1 is 1.24 bits per heavy atom. The molecule has 21 heavy (non-hydrogen) atoms. The van der Waals surface area contributed by atoms with Gasteiger partial charge in [0, 0.05) is 27.2 Å². The number of carbonyl (C=O) groups is 2. The summed E-state index contributed by atoms with van der Waals surface area (Å²) in [5.74, 6) is 0.277. The fourth-order valence-corrected chi connectivity index (χ4v) is 3.82. The van der Waals surface area contributed by atoms with Crippen LogP contribution in [0.3, 0.4) is 0 Å². The van der Waals surface area contributed by atoms with Crippen LogP contribution in [0.4, 0.5) is 10.7 Å². The maximum atomic E-state index is 12.2. The number of nitrogen functional groups attached to an aromatic ring is 1. The molecule has 0 bridgehead atoms. The third kappa shape index (κ3) is 2.70. The zero-order valence-corrected chi connectivity index (χ0v) is 13.7. The van der Waals surface area contributed by atoms with Crippen LogP contribution >= 0.6 is 11.3 Å². The van der Waals surface area contributed by atoms with Gasteiger partial charge in [0.2, 0.25) is 0 Å². The summed E-state index contributed by atoms with van der Waals surface area (Å²) >= 11 is 1.26. The minimum Gasteiger partial charge on any atom is -0.397 e. The predicted molar refractivity (Wildman–Crippen MR) is 85.8 cm³/mol. The minimum absolute atomic E-state index is 0.202. The molecular weight excluding hydrogens is 288 g/mol. The molecular formula is C14H22N4O2S. The van der Waals surface area contributed by atoms with Crippen molar-refractivity contribution >= 4 is 33.8 Å². The van der Waals surface area contributed by atoms with Gasteiger partial charge >= 0.3 is 0 Å². The number of hydrogen-bond acceptors (Lipinski definition) is 5. The van der Waals surface area contributed by atoms with Crippen LogP contribution in [0, 0.1) is 11.8 Å². The van der Waals surface area contributed by atoms with Crippen molar-refractivity contribution in [2.24, 2.45) is 17.6 Å². The lowest BCUT2D eigenvalue weighted by Gasteiger charge is -2.17. The van der Waals surface area contributed by atoms with E-state index < -0.39 is 5.91 Å². The molecule has 1 aromatic rings. The smallest absolute Gasteiger partial charge is 0.265 e. The summed E-state index contributed by atoms with van der Waals surface area (Å²) in [6.07, 6.45) is 0. The molecule has 1 aliphatic rings. The minimum atomic E-state index is -0.580. The van der Waals surface area contributed by atoms with Gasteiger partial charge in [-0.2, -0.15) is 0 Å². The topological polar surface area (TPSA) is 92.7 Å². The molecule has 0 radical (unpaired) electrons. The summed E-state index contributed by atoms with van der Waals surface area (Å²) in [5, 5.41) is 0.724. The zero-order valence-electron chi connectivity index (χ0n) is 12.8. The first-order chi connectivity index (χ1) is 9.73. The molecule has 0 spiro atoms. The van der Waals surface area contributed by atoms with Crippen molar-refractivity contribution in [3.8, 4) is 0 Å². The Bertz CT molecular complexity index is 572. The number of thiophene rings is 1. The predicted octanol–water partition coefficient (Wildman–Crippen LogP) is 1.22. The molecule has 1 aromatic heterocycles. The summed E-state index contributed by atoms with van der Waals surface area (Å²) in [5.41, 5.74) is 12.0. The van der Waals surface area contributed by atoms with Crippen LogP contribution in [0.15, 0.2) is 0 Å². The van der Waals surface area contributed by atoms with Gasteiger partial charge in [-0.1, -0.05) is 13.8 Å². The van der Waals surface area contributed by atoms with Crippen molar-refractivity contribution in [2.75, 3.05) is 37.8 Å². The highest BCUT2D eigenvalue weighted by molar-refractivity contribution is 7.19. The van der Waals surface area contributed by atoms with Gasteiger partial charge in [0.25, 0.3) is 11.8 Å². The van der Waals surface area contributed by atoms with Gasteiger partial charge in [-0.05, 0) is 11.8 Å². The van der Waals surface area contributed by atoms with Crippen molar-refractivity contribution in [3.63, 3.8) is 0 Å². The lowest BCUT2D eigenvalue weighted by molar-refractivity contribution is 0.0833. The maximum absolute atomic E-state index is 12.2. The molecule has 116 valence electrons. The largest absolute Gasteiger partial charge is 0.397 e. The van der Waals surface area contributed by atoms with E-state index in [1.165, 1.54) is 16.2 Å². The van der Waals surface area contributed by atoms with Crippen LogP contribution in [0.5, 0.6) is 0 Å². The summed E-state index contributed by atoms with van der Waals surface area (Å²) in [6.45, 7) is 6.04. The Morgan fingerprint density at radius 2 is 1.76 bits per heavy atom. The second-order valence-corrected chi connectivity index (χ2v) is 6.95. The third-order valence-corrected chi connectivity index (χ3v) is 5.30. The second kappa shape index (κ2) is 5.55. The molecule has 2 atom stereocenters.